The molecular formula is C22H26ClN3OS2. The number of amides is 1. The molecule has 0 N–H and O–H groups in total. The largest absolute Gasteiger partial charge is 0.308 e. The van der Waals surface area contributed by atoms with Crippen LogP contribution in [0.1, 0.15) is 29.8 Å². The van der Waals surface area contributed by atoms with E-state index >= 15 is 0 Å². The molecule has 0 atom stereocenters. The second-order valence-electron chi connectivity index (χ2n) is 7.52. The fourth-order valence-electron chi connectivity index (χ4n) is 2.95. The lowest BCUT2D eigenvalue weighted by atomic mass is 10.2. The molecule has 1 heterocycles. The summed E-state index contributed by atoms with van der Waals surface area (Å²) in [5.41, 5.74) is 2.59. The van der Waals surface area contributed by atoms with E-state index in [-0.39, 0.29) is 5.91 Å². The number of fused-ring (bicyclic) bond motifs is 1. The minimum atomic E-state index is -0.0317. The van der Waals surface area contributed by atoms with Crippen molar-refractivity contribution >= 4 is 56.0 Å². The third-order valence-corrected chi connectivity index (χ3v) is 6.62. The van der Waals surface area contributed by atoms with Crippen LogP contribution in [0.15, 0.2) is 41.3 Å². The molecule has 2 aromatic carbocycles. The predicted octanol–water partition coefficient (Wildman–Crippen LogP) is 5.97. The van der Waals surface area contributed by atoms with Crippen LogP contribution in [0.5, 0.6) is 0 Å². The Balaban J connectivity index is 1.94. The number of thiazole rings is 1. The van der Waals surface area contributed by atoms with Crippen LogP contribution in [-0.4, -0.2) is 48.2 Å². The lowest BCUT2D eigenvalue weighted by molar-refractivity contribution is 0.0985. The molecule has 0 saturated carbocycles. The Hall–Kier alpha value is -1.60. The smallest absolute Gasteiger partial charge is 0.260 e. The summed E-state index contributed by atoms with van der Waals surface area (Å²) >= 11 is 9.51. The van der Waals surface area contributed by atoms with Crippen LogP contribution < -0.4 is 4.90 Å². The van der Waals surface area contributed by atoms with Gasteiger partial charge in [0.25, 0.3) is 5.91 Å². The summed E-state index contributed by atoms with van der Waals surface area (Å²) in [6.07, 6.45) is 0. The quantitative estimate of drug-likeness (QED) is 0.418. The summed E-state index contributed by atoms with van der Waals surface area (Å²) in [7, 11) is 4.01. The van der Waals surface area contributed by atoms with Crippen molar-refractivity contribution in [2.45, 2.75) is 30.9 Å². The number of carbonyl (C=O) groups is 1. The summed E-state index contributed by atoms with van der Waals surface area (Å²) in [5.74, 6) is -0.0317. The first-order valence-electron chi connectivity index (χ1n) is 9.54. The average Bonchev–Trinajstić information content (AvgIpc) is 3.05. The van der Waals surface area contributed by atoms with E-state index in [4.69, 9.17) is 16.6 Å². The van der Waals surface area contributed by atoms with Gasteiger partial charge in [-0.05, 0) is 63.0 Å². The molecular weight excluding hydrogens is 422 g/mol. The Morgan fingerprint density at radius 3 is 2.48 bits per heavy atom. The second-order valence-corrected chi connectivity index (χ2v) is 10.6. The number of hydrogen-bond donors (Lipinski definition) is 0. The van der Waals surface area contributed by atoms with E-state index < -0.39 is 0 Å². The van der Waals surface area contributed by atoms with Gasteiger partial charge in [0.15, 0.2) is 5.13 Å². The molecule has 0 aliphatic rings. The number of benzene rings is 2. The van der Waals surface area contributed by atoms with Gasteiger partial charge in [-0.25, -0.2) is 4.98 Å². The molecule has 0 saturated heterocycles. The molecule has 0 aliphatic heterocycles. The highest BCUT2D eigenvalue weighted by atomic mass is 35.5. The van der Waals surface area contributed by atoms with E-state index in [0.29, 0.717) is 27.5 Å². The zero-order chi connectivity index (χ0) is 21.1. The van der Waals surface area contributed by atoms with Gasteiger partial charge >= 0.3 is 0 Å². The van der Waals surface area contributed by atoms with Crippen molar-refractivity contribution in [1.29, 1.82) is 0 Å². The number of hydrogen-bond acceptors (Lipinski definition) is 5. The molecule has 0 aliphatic carbocycles. The molecule has 3 rings (SSSR count). The summed E-state index contributed by atoms with van der Waals surface area (Å²) in [6.45, 7) is 7.64. The topological polar surface area (TPSA) is 36.4 Å². The van der Waals surface area contributed by atoms with Crippen LogP contribution in [0.4, 0.5) is 5.13 Å². The molecule has 29 heavy (non-hydrogen) atoms. The predicted molar refractivity (Wildman–Crippen MR) is 127 cm³/mol. The van der Waals surface area contributed by atoms with E-state index in [9.17, 15) is 4.79 Å². The van der Waals surface area contributed by atoms with Gasteiger partial charge in [0.2, 0.25) is 0 Å². The maximum absolute atomic E-state index is 13.4. The van der Waals surface area contributed by atoms with Crippen molar-refractivity contribution in [2.24, 2.45) is 0 Å². The maximum Gasteiger partial charge on any atom is 0.260 e. The first-order valence-corrected chi connectivity index (χ1v) is 11.6. The first-order chi connectivity index (χ1) is 13.7. The summed E-state index contributed by atoms with van der Waals surface area (Å²) < 4.78 is 0.997. The first kappa shape index (κ1) is 22.1. The Morgan fingerprint density at radius 1 is 1.17 bits per heavy atom. The maximum atomic E-state index is 13.4. The van der Waals surface area contributed by atoms with Crippen LogP contribution in [0.25, 0.3) is 10.2 Å². The number of halogens is 1. The molecule has 7 heteroatoms. The van der Waals surface area contributed by atoms with Crippen LogP contribution >= 0.6 is 34.7 Å². The number of nitrogens with zero attached hydrogens (tertiary/aromatic N) is 3. The lowest BCUT2D eigenvalue weighted by Crippen LogP contribution is -2.36. The summed E-state index contributed by atoms with van der Waals surface area (Å²) in [4.78, 5) is 23.2. The zero-order valence-electron chi connectivity index (χ0n) is 17.4. The molecule has 0 fully saturated rings. The molecule has 1 aromatic heterocycles. The minimum Gasteiger partial charge on any atom is -0.308 e. The number of carbonyl (C=O) groups excluding carboxylic acids is 1. The van der Waals surface area contributed by atoms with E-state index in [1.807, 2.05) is 57.4 Å². The standard InChI is InChI=1S/C22H26ClN3OS2/c1-14(2)28-18-8-6-16(7-9-18)21(27)26(11-10-25(4)5)22-24-20-15(3)12-17(23)13-19(20)29-22/h6-9,12-14H,10-11H2,1-5H3. The number of aromatic nitrogens is 1. The van der Waals surface area contributed by atoms with Crippen molar-refractivity contribution in [1.82, 2.24) is 9.88 Å². The monoisotopic (exact) mass is 447 g/mol. The number of aryl methyl sites for hydroxylation is 1. The number of rotatable bonds is 7. The Bertz CT molecular complexity index is 999. The van der Waals surface area contributed by atoms with Gasteiger partial charge in [0, 0.05) is 33.8 Å². The van der Waals surface area contributed by atoms with Crippen LogP contribution in [0.2, 0.25) is 5.02 Å². The van der Waals surface area contributed by atoms with E-state index in [2.05, 4.69) is 18.7 Å². The molecule has 0 unspecified atom stereocenters. The van der Waals surface area contributed by atoms with Crippen LogP contribution in [-0.2, 0) is 0 Å². The van der Waals surface area contributed by atoms with E-state index in [1.54, 1.807) is 16.7 Å². The number of thioether (sulfide) groups is 1. The highest BCUT2D eigenvalue weighted by Crippen LogP contribution is 2.33. The van der Waals surface area contributed by atoms with Crippen LogP contribution in [0.3, 0.4) is 0 Å². The summed E-state index contributed by atoms with van der Waals surface area (Å²) in [6, 6.07) is 11.7. The molecule has 0 spiro atoms. The van der Waals surface area contributed by atoms with E-state index in [1.165, 1.54) is 16.2 Å². The van der Waals surface area contributed by atoms with Gasteiger partial charge < -0.3 is 4.90 Å². The summed E-state index contributed by atoms with van der Waals surface area (Å²) in [5, 5.41) is 1.90. The minimum absolute atomic E-state index is 0.0317. The molecule has 1 amide bonds. The fourth-order valence-corrected chi connectivity index (χ4v) is 5.23. The van der Waals surface area contributed by atoms with Crippen molar-refractivity contribution in [3.63, 3.8) is 0 Å². The van der Waals surface area contributed by atoms with Gasteiger partial charge in [-0.2, -0.15) is 0 Å². The lowest BCUT2D eigenvalue weighted by Gasteiger charge is -2.22. The zero-order valence-corrected chi connectivity index (χ0v) is 19.8. The number of likely N-dealkylation sites (N-methyl/N-ethyl adjacent to an activating group) is 1. The van der Waals surface area contributed by atoms with Crippen LogP contribution in [0, 0.1) is 6.92 Å². The van der Waals surface area contributed by atoms with Crippen molar-refractivity contribution in [2.75, 3.05) is 32.1 Å². The third-order valence-electron chi connectivity index (χ3n) is 4.36. The Morgan fingerprint density at radius 2 is 1.86 bits per heavy atom. The molecule has 0 radical (unpaired) electrons. The van der Waals surface area contributed by atoms with E-state index in [0.717, 1.165) is 22.3 Å². The highest BCUT2D eigenvalue weighted by Gasteiger charge is 2.22. The fraction of sp³-hybridized carbons (Fsp3) is 0.364. The van der Waals surface area contributed by atoms with Crippen molar-refractivity contribution < 1.29 is 4.79 Å². The highest BCUT2D eigenvalue weighted by molar-refractivity contribution is 7.99. The van der Waals surface area contributed by atoms with Gasteiger partial charge in [-0.15, -0.1) is 11.8 Å². The normalized spacial score (nSPS) is 11.6. The second kappa shape index (κ2) is 9.47. The molecule has 3 aromatic rings. The average molecular weight is 448 g/mol. The Labute approximate surface area is 185 Å². The van der Waals surface area contributed by atoms with Gasteiger partial charge in [0.05, 0.1) is 10.2 Å². The van der Waals surface area contributed by atoms with Crippen molar-refractivity contribution in [3.8, 4) is 0 Å². The third kappa shape index (κ3) is 5.51. The molecule has 0 bridgehead atoms. The Kier molecular flexibility index (Phi) is 7.22. The van der Waals surface area contributed by atoms with Gasteiger partial charge in [-0.1, -0.05) is 36.8 Å². The van der Waals surface area contributed by atoms with Gasteiger partial charge in [0.1, 0.15) is 0 Å². The van der Waals surface area contributed by atoms with Crippen molar-refractivity contribution in [3.05, 3.63) is 52.5 Å². The molecule has 4 nitrogen and oxygen atoms in total. The molecule has 154 valence electrons. The number of anilines is 1. The van der Waals surface area contributed by atoms with Gasteiger partial charge in [-0.3, -0.25) is 9.69 Å². The SMILES string of the molecule is Cc1cc(Cl)cc2sc(N(CCN(C)C)C(=O)c3ccc(SC(C)C)cc3)nc12.